The SMILES string of the molecule is Cn1c(=O)[nH]c(=O)c2c1nc(N1CCC(Cc3ccccc3)CC1)n2Cc1cccc2ccccc12. The number of nitrogens with one attached hydrogen (secondary N) is 1. The highest BCUT2D eigenvalue weighted by Crippen LogP contribution is 2.29. The molecule has 3 heterocycles. The zero-order valence-corrected chi connectivity index (χ0v) is 20.4. The molecule has 0 unspecified atom stereocenters. The Morgan fingerprint density at radius 2 is 1.64 bits per heavy atom. The van der Waals surface area contributed by atoms with Crippen LogP contribution in [0.5, 0.6) is 0 Å². The van der Waals surface area contributed by atoms with E-state index in [-0.39, 0.29) is 0 Å². The van der Waals surface area contributed by atoms with Crippen molar-refractivity contribution in [3.05, 3.63) is 105 Å². The third-order valence-electron chi connectivity index (χ3n) is 7.46. The normalized spacial score (nSPS) is 14.6. The van der Waals surface area contributed by atoms with Gasteiger partial charge in [-0.3, -0.25) is 18.9 Å². The summed E-state index contributed by atoms with van der Waals surface area (Å²) in [5.74, 6) is 1.37. The highest BCUT2D eigenvalue weighted by Gasteiger charge is 2.26. The van der Waals surface area contributed by atoms with Crippen molar-refractivity contribution in [2.75, 3.05) is 18.0 Å². The molecule has 0 aliphatic carbocycles. The van der Waals surface area contributed by atoms with Crippen LogP contribution in [0.1, 0.15) is 24.0 Å². The minimum Gasteiger partial charge on any atom is -0.342 e. The van der Waals surface area contributed by atoms with Crippen molar-refractivity contribution >= 4 is 27.9 Å². The summed E-state index contributed by atoms with van der Waals surface area (Å²) in [7, 11) is 1.66. The van der Waals surface area contributed by atoms with E-state index in [1.165, 1.54) is 10.1 Å². The molecule has 0 atom stereocenters. The second-order valence-corrected chi connectivity index (χ2v) is 9.75. The van der Waals surface area contributed by atoms with Crippen molar-refractivity contribution < 1.29 is 0 Å². The van der Waals surface area contributed by atoms with Gasteiger partial charge in [0.25, 0.3) is 5.56 Å². The minimum atomic E-state index is -0.449. The van der Waals surface area contributed by atoms with Gasteiger partial charge in [-0.2, -0.15) is 4.98 Å². The Hall–Kier alpha value is -4.13. The third kappa shape index (κ3) is 4.00. The summed E-state index contributed by atoms with van der Waals surface area (Å²) in [6.45, 7) is 2.23. The molecule has 1 saturated heterocycles. The number of piperidine rings is 1. The van der Waals surface area contributed by atoms with Gasteiger partial charge in [-0.05, 0) is 47.1 Å². The van der Waals surface area contributed by atoms with Crippen LogP contribution in [0, 0.1) is 5.92 Å². The van der Waals surface area contributed by atoms with Gasteiger partial charge in [0, 0.05) is 20.1 Å². The molecule has 0 bridgehead atoms. The van der Waals surface area contributed by atoms with Crippen molar-refractivity contribution in [3.63, 3.8) is 0 Å². The summed E-state index contributed by atoms with van der Waals surface area (Å²) in [6.07, 6.45) is 3.19. The summed E-state index contributed by atoms with van der Waals surface area (Å²) < 4.78 is 3.43. The van der Waals surface area contributed by atoms with Gasteiger partial charge < -0.3 is 4.90 Å². The van der Waals surface area contributed by atoms with Gasteiger partial charge in [-0.1, -0.05) is 72.8 Å². The van der Waals surface area contributed by atoms with Crippen LogP contribution in [0.25, 0.3) is 21.9 Å². The van der Waals surface area contributed by atoms with E-state index in [2.05, 4.69) is 64.5 Å². The van der Waals surface area contributed by atoms with Crippen molar-refractivity contribution in [2.24, 2.45) is 13.0 Å². The molecule has 3 aromatic carbocycles. The van der Waals surface area contributed by atoms with E-state index in [0.717, 1.165) is 54.6 Å². The lowest BCUT2D eigenvalue weighted by Crippen LogP contribution is -2.36. The topological polar surface area (TPSA) is 75.9 Å². The first-order chi connectivity index (χ1) is 17.6. The molecule has 5 aromatic rings. The van der Waals surface area contributed by atoms with Crippen molar-refractivity contribution in [3.8, 4) is 0 Å². The molecule has 0 radical (unpaired) electrons. The van der Waals surface area contributed by atoms with Crippen molar-refractivity contribution in [1.82, 2.24) is 19.1 Å². The average Bonchev–Trinajstić information content (AvgIpc) is 3.28. The number of fused-ring (bicyclic) bond motifs is 2. The maximum absolute atomic E-state index is 13.0. The van der Waals surface area contributed by atoms with Gasteiger partial charge >= 0.3 is 5.69 Å². The molecule has 36 heavy (non-hydrogen) atoms. The second-order valence-electron chi connectivity index (χ2n) is 9.75. The largest absolute Gasteiger partial charge is 0.342 e. The van der Waals surface area contributed by atoms with E-state index in [0.29, 0.717) is 23.6 Å². The number of aryl methyl sites for hydroxylation is 1. The third-order valence-corrected chi connectivity index (χ3v) is 7.46. The van der Waals surface area contributed by atoms with E-state index < -0.39 is 11.2 Å². The standard InChI is InChI=1S/C29H29N5O2/c1-32-26-25(27(35)31-29(32)36)34(19-23-12-7-11-22-10-5-6-13-24(22)23)28(30-26)33-16-14-21(15-17-33)18-20-8-3-2-4-9-20/h2-13,21H,14-19H2,1H3,(H,31,35,36). The highest BCUT2D eigenvalue weighted by molar-refractivity contribution is 5.86. The summed E-state index contributed by atoms with van der Waals surface area (Å²) in [5.41, 5.74) is 2.50. The van der Waals surface area contributed by atoms with Crippen molar-refractivity contribution in [2.45, 2.75) is 25.8 Å². The van der Waals surface area contributed by atoms with E-state index >= 15 is 0 Å². The number of aromatic amines is 1. The maximum Gasteiger partial charge on any atom is 0.329 e. The molecule has 1 aliphatic heterocycles. The average molecular weight is 480 g/mol. The van der Waals surface area contributed by atoms with Crippen LogP contribution in [0.4, 0.5) is 5.95 Å². The monoisotopic (exact) mass is 479 g/mol. The fourth-order valence-corrected chi connectivity index (χ4v) is 5.50. The van der Waals surface area contributed by atoms with Crippen LogP contribution in [0.15, 0.2) is 82.4 Å². The number of nitrogens with zero attached hydrogens (tertiary/aromatic N) is 4. The smallest absolute Gasteiger partial charge is 0.329 e. The molecule has 7 heteroatoms. The lowest BCUT2D eigenvalue weighted by molar-refractivity contribution is 0.399. The second kappa shape index (κ2) is 9.15. The fraction of sp³-hybridized carbons (Fsp3) is 0.276. The van der Waals surface area contributed by atoms with Gasteiger partial charge in [0.15, 0.2) is 11.2 Å². The van der Waals surface area contributed by atoms with Gasteiger partial charge in [-0.15, -0.1) is 0 Å². The lowest BCUT2D eigenvalue weighted by atomic mass is 9.90. The Kier molecular flexibility index (Phi) is 5.68. The Morgan fingerprint density at radius 1 is 0.917 bits per heavy atom. The molecule has 1 aliphatic rings. The maximum atomic E-state index is 13.0. The molecular formula is C29H29N5O2. The molecular weight excluding hydrogens is 450 g/mol. The minimum absolute atomic E-state index is 0.397. The van der Waals surface area contributed by atoms with Crippen molar-refractivity contribution in [1.29, 1.82) is 0 Å². The fourth-order valence-electron chi connectivity index (χ4n) is 5.50. The number of hydrogen-bond acceptors (Lipinski definition) is 4. The Bertz CT molecular complexity index is 1650. The summed E-state index contributed by atoms with van der Waals surface area (Å²) in [6, 6.07) is 25.2. The number of rotatable bonds is 5. The van der Waals surface area contributed by atoms with Gasteiger partial charge in [-0.25, -0.2) is 4.79 Å². The zero-order chi connectivity index (χ0) is 24.6. The summed E-state index contributed by atoms with van der Waals surface area (Å²) in [5, 5.41) is 2.31. The Morgan fingerprint density at radius 3 is 2.44 bits per heavy atom. The predicted octanol–water partition coefficient (Wildman–Crippen LogP) is 4.08. The van der Waals surface area contributed by atoms with Gasteiger partial charge in [0.05, 0.1) is 6.54 Å². The molecule has 0 saturated carbocycles. The van der Waals surface area contributed by atoms with Gasteiger partial charge in [0.1, 0.15) is 0 Å². The first kappa shape index (κ1) is 22.3. The van der Waals surface area contributed by atoms with E-state index in [9.17, 15) is 9.59 Å². The number of aromatic nitrogens is 4. The first-order valence-corrected chi connectivity index (χ1v) is 12.5. The Labute approximate surface area is 208 Å². The Balaban J connectivity index is 1.38. The predicted molar refractivity (Wildman–Crippen MR) is 144 cm³/mol. The van der Waals surface area contributed by atoms with Crippen LogP contribution in [0.3, 0.4) is 0 Å². The number of benzene rings is 3. The number of imidazole rings is 1. The van der Waals surface area contributed by atoms with Crippen LogP contribution >= 0.6 is 0 Å². The van der Waals surface area contributed by atoms with E-state index in [4.69, 9.17) is 4.98 Å². The summed E-state index contributed by atoms with van der Waals surface area (Å²) >= 11 is 0. The zero-order valence-electron chi connectivity index (χ0n) is 20.4. The number of H-pyrrole nitrogens is 1. The first-order valence-electron chi connectivity index (χ1n) is 12.5. The lowest BCUT2D eigenvalue weighted by Gasteiger charge is -2.33. The molecule has 182 valence electrons. The van der Waals surface area contributed by atoms with Crippen LogP contribution < -0.4 is 16.1 Å². The number of anilines is 1. The molecule has 7 nitrogen and oxygen atoms in total. The van der Waals surface area contributed by atoms with Crippen LogP contribution in [-0.2, 0) is 20.0 Å². The summed E-state index contributed by atoms with van der Waals surface area (Å²) in [4.78, 5) is 35.0. The number of hydrogen-bond donors (Lipinski definition) is 1. The molecule has 0 spiro atoms. The van der Waals surface area contributed by atoms with E-state index in [1.807, 2.05) is 22.8 Å². The van der Waals surface area contributed by atoms with Crippen LogP contribution in [-0.4, -0.2) is 32.2 Å². The quantitative estimate of drug-likeness (QED) is 0.412. The molecule has 2 aromatic heterocycles. The molecule has 1 fully saturated rings. The van der Waals surface area contributed by atoms with E-state index in [1.54, 1.807) is 7.05 Å². The molecule has 1 N–H and O–H groups in total. The highest BCUT2D eigenvalue weighted by atomic mass is 16.2. The van der Waals surface area contributed by atoms with Crippen LogP contribution in [0.2, 0.25) is 0 Å². The molecule has 0 amide bonds. The van der Waals surface area contributed by atoms with Gasteiger partial charge in [0.2, 0.25) is 5.95 Å². The molecule has 6 rings (SSSR count).